The van der Waals surface area contributed by atoms with Crippen LogP contribution >= 0.6 is 0 Å². The molecule has 0 bridgehead atoms. The van der Waals surface area contributed by atoms with Crippen molar-refractivity contribution >= 4 is 16.8 Å². The van der Waals surface area contributed by atoms with Crippen LogP contribution in [-0.2, 0) is 14.1 Å². The number of fused-ring (bicyclic) bond motifs is 1. The predicted octanol–water partition coefficient (Wildman–Crippen LogP) is 3.74. The maximum Gasteiger partial charge on any atom is 0.267 e. The first kappa shape index (κ1) is 21.9. The molecule has 3 heterocycles. The van der Waals surface area contributed by atoms with E-state index in [0.29, 0.717) is 17.8 Å². The van der Waals surface area contributed by atoms with Gasteiger partial charge in [0.25, 0.3) is 5.91 Å². The number of nitriles is 1. The second-order valence-corrected chi connectivity index (χ2v) is 8.74. The summed E-state index contributed by atoms with van der Waals surface area (Å²) in [7, 11) is 3.71. The fourth-order valence-corrected chi connectivity index (χ4v) is 4.70. The normalized spacial score (nSPS) is 15.5. The van der Waals surface area contributed by atoms with E-state index < -0.39 is 5.82 Å². The summed E-state index contributed by atoms with van der Waals surface area (Å²) < 4.78 is 18.1. The first-order valence-electron chi connectivity index (χ1n) is 11.3. The summed E-state index contributed by atoms with van der Waals surface area (Å²) in [6, 6.07) is 14.4. The number of aromatic nitrogens is 3. The quantitative estimate of drug-likeness (QED) is 0.479. The van der Waals surface area contributed by atoms with Gasteiger partial charge >= 0.3 is 0 Å². The Morgan fingerprint density at radius 2 is 2.06 bits per heavy atom. The molecule has 2 N–H and O–H groups in total. The zero-order valence-corrected chi connectivity index (χ0v) is 19.1. The maximum atomic E-state index is 14.5. The highest BCUT2D eigenvalue weighted by Crippen LogP contribution is 2.36. The summed E-state index contributed by atoms with van der Waals surface area (Å²) in [5, 5.41) is 21.0. The van der Waals surface area contributed by atoms with Crippen LogP contribution < -0.4 is 10.6 Å². The van der Waals surface area contributed by atoms with E-state index in [9.17, 15) is 9.18 Å². The van der Waals surface area contributed by atoms with Gasteiger partial charge in [-0.15, -0.1) is 0 Å². The van der Waals surface area contributed by atoms with Crippen molar-refractivity contribution in [1.29, 1.82) is 5.26 Å². The molecule has 1 saturated heterocycles. The van der Waals surface area contributed by atoms with Gasteiger partial charge in [-0.3, -0.25) is 9.48 Å². The molecule has 1 atom stereocenters. The molecule has 5 rings (SSSR count). The Kier molecular flexibility index (Phi) is 5.64. The highest BCUT2D eigenvalue weighted by atomic mass is 19.1. The largest absolute Gasteiger partial charge is 0.349 e. The summed E-state index contributed by atoms with van der Waals surface area (Å²) in [4.78, 5) is 13.1. The fraction of sp³-hybridized carbons (Fsp3) is 0.269. The highest BCUT2D eigenvalue weighted by molar-refractivity contribution is 5.98. The summed E-state index contributed by atoms with van der Waals surface area (Å²) in [6.07, 6.45) is 4.09. The number of hydrogen-bond donors (Lipinski definition) is 2. The third-order valence-corrected chi connectivity index (χ3v) is 6.43. The van der Waals surface area contributed by atoms with Crippen LogP contribution in [-0.4, -0.2) is 39.4 Å². The molecule has 1 fully saturated rings. The van der Waals surface area contributed by atoms with Gasteiger partial charge in [0.05, 0.1) is 16.8 Å². The van der Waals surface area contributed by atoms with Crippen LogP contribution in [0.1, 0.15) is 28.9 Å². The fourth-order valence-electron chi connectivity index (χ4n) is 4.70. The summed E-state index contributed by atoms with van der Waals surface area (Å²) in [6.45, 7) is 1.53. The van der Waals surface area contributed by atoms with Gasteiger partial charge in [0.15, 0.2) is 0 Å². The van der Waals surface area contributed by atoms with Crippen LogP contribution in [0.4, 0.5) is 4.39 Å². The molecule has 0 radical (unpaired) electrons. The summed E-state index contributed by atoms with van der Waals surface area (Å²) in [5.41, 5.74) is 4.34. The number of carbonyl (C=O) groups is 1. The molecule has 1 amide bonds. The number of benzene rings is 2. The van der Waals surface area contributed by atoms with E-state index in [0.717, 1.165) is 47.1 Å². The molecular weight excluding hydrogens is 431 g/mol. The molecule has 8 heteroatoms. The van der Waals surface area contributed by atoms with Crippen molar-refractivity contribution in [2.75, 3.05) is 13.1 Å². The lowest BCUT2D eigenvalue weighted by Crippen LogP contribution is -2.37. The van der Waals surface area contributed by atoms with Crippen molar-refractivity contribution in [1.82, 2.24) is 25.0 Å². The van der Waals surface area contributed by atoms with Gasteiger partial charge < -0.3 is 15.2 Å². The maximum absolute atomic E-state index is 14.5. The molecule has 1 aliphatic heterocycles. The lowest BCUT2D eigenvalue weighted by Gasteiger charge is -2.13. The Balaban J connectivity index is 1.60. The molecule has 2 aromatic carbocycles. The minimum atomic E-state index is -0.587. The molecule has 172 valence electrons. The average Bonchev–Trinajstić information content (AvgIpc) is 3.55. The van der Waals surface area contributed by atoms with Gasteiger partial charge in [0.1, 0.15) is 17.6 Å². The molecule has 1 unspecified atom stereocenters. The van der Waals surface area contributed by atoms with Crippen molar-refractivity contribution in [2.45, 2.75) is 18.9 Å². The lowest BCUT2D eigenvalue weighted by molar-refractivity contribution is 0.0942. The highest BCUT2D eigenvalue weighted by Gasteiger charge is 2.22. The number of rotatable bonds is 5. The van der Waals surface area contributed by atoms with Crippen LogP contribution in [0.15, 0.2) is 48.7 Å². The molecule has 7 nitrogen and oxygen atoms in total. The molecule has 1 aliphatic rings. The molecule has 34 heavy (non-hydrogen) atoms. The molecule has 2 aromatic heterocycles. The molecule has 0 aliphatic carbocycles. The zero-order valence-electron chi connectivity index (χ0n) is 19.1. The van der Waals surface area contributed by atoms with Gasteiger partial charge in [-0.2, -0.15) is 10.4 Å². The zero-order chi connectivity index (χ0) is 23.8. The minimum Gasteiger partial charge on any atom is -0.349 e. The molecule has 0 spiro atoms. The second-order valence-electron chi connectivity index (χ2n) is 8.74. The van der Waals surface area contributed by atoms with Gasteiger partial charge in [0, 0.05) is 43.8 Å². The van der Waals surface area contributed by atoms with E-state index in [1.165, 1.54) is 12.1 Å². The number of hydrogen-bond acceptors (Lipinski definition) is 4. The van der Waals surface area contributed by atoms with E-state index >= 15 is 0 Å². The van der Waals surface area contributed by atoms with Crippen molar-refractivity contribution in [3.05, 3.63) is 65.7 Å². The van der Waals surface area contributed by atoms with E-state index in [2.05, 4.69) is 15.7 Å². The van der Waals surface area contributed by atoms with Gasteiger partial charge in [-0.05, 0) is 60.8 Å². The Morgan fingerprint density at radius 3 is 2.79 bits per heavy atom. The third kappa shape index (κ3) is 3.95. The summed E-state index contributed by atoms with van der Waals surface area (Å²) in [5.74, 6) is -0.768. The Bertz CT molecular complexity index is 1440. The van der Waals surface area contributed by atoms with Crippen LogP contribution in [0.5, 0.6) is 0 Å². The number of amides is 1. The summed E-state index contributed by atoms with van der Waals surface area (Å²) >= 11 is 0. The lowest BCUT2D eigenvalue weighted by atomic mass is 9.99. The van der Waals surface area contributed by atoms with E-state index in [4.69, 9.17) is 5.26 Å². The van der Waals surface area contributed by atoms with Gasteiger partial charge in [0.2, 0.25) is 0 Å². The first-order chi connectivity index (χ1) is 16.4. The number of halogens is 1. The number of nitrogens with one attached hydrogen (secondary N) is 2. The van der Waals surface area contributed by atoms with Crippen LogP contribution in [0.25, 0.3) is 33.3 Å². The van der Waals surface area contributed by atoms with Crippen molar-refractivity contribution in [3.63, 3.8) is 0 Å². The van der Waals surface area contributed by atoms with E-state index in [1.807, 2.05) is 49.1 Å². The van der Waals surface area contributed by atoms with Crippen molar-refractivity contribution in [2.24, 2.45) is 14.1 Å². The predicted molar refractivity (Wildman–Crippen MR) is 129 cm³/mol. The smallest absolute Gasteiger partial charge is 0.267 e. The van der Waals surface area contributed by atoms with Crippen molar-refractivity contribution in [3.8, 4) is 28.5 Å². The minimum absolute atomic E-state index is 0.0139. The third-order valence-electron chi connectivity index (χ3n) is 6.43. The molecule has 4 aromatic rings. The van der Waals surface area contributed by atoms with Crippen LogP contribution in [0.2, 0.25) is 0 Å². The van der Waals surface area contributed by atoms with Crippen molar-refractivity contribution < 1.29 is 9.18 Å². The van der Waals surface area contributed by atoms with Gasteiger partial charge in [-0.1, -0.05) is 12.1 Å². The van der Waals surface area contributed by atoms with Gasteiger partial charge in [-0.25, -0.2) is 4.39 Å². The SMILES string of the molecule is Cn1cc2cc(-c3c(-c4ccc(C#N)c(F)c4)cc(C(=O)NCC4CCCN4)n3C)ccc2n1. The Morgan fingerprint density at radius 1 is 1.24 bits per heavy atom. The Labute approximate surface area is 196 Å². The molecular formula is C26H25FN6O. The van der Waals surface area contributed by atoms with Crippen LogP contribution in [0.3, 0.4) is 0 Å². The topological polar surface area (TPSA) is 87.7 Å². The van der Waals surface area contributed by atoms with Crippen LogP contribution in [0, 0.1) is 17.1 Å². The Hall–Kier alpha value is -3.96. The van der Waals surface area contributed by atoms with E-state index in [1.54, 1.807) is 16.8 Å². The number of nitrogens with zero attached hydrogens (tertiary/aromatic N) is 4. The van der Waals surface area contributed by atoms with E-state index in [-0.39, 0.29) is 17.5 Å². The monoisotopic (exact) mass is 456 g/mol. The first-order valence-corrected chi connectivity index (χ1v) is 11.3. The number of aryl methyl sites for hydroxylation is 1. The second kappa shape index (κ2) is 8.76. The number of carbonyl (C=O) groups excluding carboxylic acids is 1. The average molecular weight is 457 g/mol. The standard InChI is InChI=1S/C26H25FN6O/c1-32-15-19-10-17(7-8-23(19)31-32)25-21(16-5-6-18(13-28)22(27)11-16)12-24(33(25)2)26(34)30-14-20-4-3-9-29-20/h5-8,10-12,15,20,29H,3-4,9,14H2,1-2H3,(H,30,34). The molecule has 0 saturated carbocycles.